The molecular formula is C21H25NO7. The number of carboxylic acids is 2. The SMILES string of the molecule is O=C(O)C(=O)O.c1ccc(OCCNC[C@@H]2COC[C@H](c3ccccc3)O2)cc1. The first-order valence-electron chi connectivity index (χ1n) is 9.19. The van der Waals surface area contributed by atoms with E-state index in [1.54, 1.807) is 0 Å². The fraction of sp³-hybridized carbons (Fsp3) is 0.333. The molecule has 8 heteroatoms. The van der Waals surface area contributed by atoms with Gasteiger partial charge in [-0.15, -0.1) is 0 Å². The van der Waals surface area contributed by atoms with Gasteiger partial charge in [0.05, 0.1) is 19.3 Å². The molecule has 1 aliphatic heterocycles. The molecule has 1 saturated heterocycles. The zero-order valence-electron chi connectivity index (χ0n) is 15.9. The van der Waals surface area contributed by atoms with Crippen molar-refractivity contribution in [2.24, 2.45) is 0 Å². The Labute approximate surface area is 169 Å². The van der Waals surface area contributed by atoms with Crippen molar-refractivity contribution >= 4 is 11.9 Å². The summed E-state index contributed by atoms with van der Waals surface area (Å²) in [6.07, 6.45) is 0.100. The Hall–Kier alpha value is -2.94. The number of ether oxygens (including phenoxy) is 3. The summed E-state index contributed by atoms with van der Waals surface area (Å²) in [6, 6.07) is 20.1. The quantitative estimate of drug-likeness (QED) is 0.475. The second kappa shape index (κ2) is 12.5. The van der Waals surface area contributed by atoms with Gasteiger partial charge in [0.15, 0.2) is 0 Å². The lowest BCUT2D eigenvalue weighted by molar-refractivity contribution is -0.159. The second-order valence-corrected chi connectivity index (χ2v) is 6.17. The lowest BCUT2D eigenvalue weighted by Crippen LogP contribution is -2.39. The fourth-order valence-corrected chi connectivity index (χ4v) is 2.59. The molecule has 156 valence electrons. The van der Waals surface area contributed by atoms with Crippen molar-refractivity contribution in [1.29, 1.82) is 0 Å². The van der Waals surface area contributed by atoms with Crippen LogP contribution in [0.15, 0.2) is 60.7 Å². The Morgan fingerprint density at radius 3 is 2.21 bits per heavy atom. The topological polar surface area (TPSA) is 114 Å². The third kappa shape index (κ3) is 8.73. The summed E-state index contributed by atoms with van der Waals surface area (Å²) in [4.78, 5) is 18.2. The Kier molecular flexibility index (Phi) is 9.64. The molecule has 0 spiro atoms. The number of aliphatic carboxylic acids is 2. The maximum atomic E-state index is 9.10. The molecule has 0 bridgehead atoms. The van der Waals surface area contributed by atoms with Gasteiger partial charge in [-0.05, 0) is 17.7 Å². The first kappa shape index (κ1) is 22.4. The highest BCUT2D eigenvalue weighted by molar-refractivity contribution is 6.27. The minimum absolute atomic E-state index is 0.0253. The summed E-state index contributed by atoms with van der Waals surface area (Å²) in [6.45, 7) is 3.44. The lowest BCUT2D eigenvalue weighted by atomic mass is 10.1. The summed E-state index contributed by atoms with van der Waals surface area (Å²) in [5, 5.41) is 18.1. The van der Waals surface area contributed by atoms with Crippen molar-refractivity contribution in [3.63, 3.8) is 0 Å². The van der Waals surface area contributed by atoms with E-state index in [-0.39, 0.29) is 12.2 Å². The highest BCUT2D eigenvalue weighted by Gasteiger charge is 2.23. The standard InChI is InChI=1S/C19H23NO3.C2H2O4/c1-3-7-16(8-4-1)19-15-21-14-18(23-19)13-20-11-12-22-17-9-5-2-6-10-17;3-1(4)2(5)6/h1-10,18-20H,11-15H2;(H,3,4)(H,5,6)/t18-,19-;/m1./s1. The Morgan fingerprint density at radius 2 is 1.59 bits per heavy atom. The average Bonchev–Trinajstić information content (AvgIpc) is 2.75. The molecule has 8 nitrogen and oxygen atoms in total. The molecule has 2 aromatic rings. The third-order valence-electron chi connectivity index (χ3n) is 3.95. The molecule has 1 aliphatic rings. The molecule has 3 rings (SSSR count). The van der Waals surface area contributed by atoms with Gasteiger partial charge in [0.1, 0.15) is 18.5 Å². The van der Waals surface area contributed by atoms with Crippen LogP contribution < -0.4 is 10.1 Å². The molecule has 0 radical (unpaired) electrons. The normalized spacial score (nSPS) is 18.2. The number of para-hydroxylation sites is 1. The fourth-order valence-electron chi connectivity index (χ4n) is 2.59. The van der Waals surface area contributed by atoms with Crippen LogP contribution in [0.3, 0.4) is 0 Å². The van der Waals surface area contributed by atoms with Crippen molar-refractivity contribution in [3.05, 3.63) is 66.2 Å². The summed E-state index contributed by atoms with van der Waals surface area (Å²) in [5.41, 5.74) is 1.17. The van der Waals surface area contributed by atoms with E-state index in [1.165, 1.54) is 5.56 Å². The van der Waals surface area contributed by atoms with Gasteiger partial charge >= 0.3 is 11.9 Å². The van der Waals surface area contributed by atoms with Gasteiger partial charge in [-0.2, -0.15) is 0 Å². The molecule has 0 saturated carbocycles. The van der Waals surface area contributed by atoms with Crippen LogP contribution in [0.4, 0.5) is 0 Å². The highest BCUT2D eigenvalue weighted by Crippen LogP contribution is 2.23. The minimum atomic E-state index is -1.82. The van der Waals surface area contributed by atoms with E-state index in [0.717, 1.165) is 18.8 Å². The van der Waals surface area contributed by atoms with Gasteiger partial charge in [0.2, 0.25) is 0 Å². The third-order valence-corrected chi connectivity index (χ3v) is 3.95. The molecule has 0 unspecified atom stereocenters. The average molecular weight is 403 g/mol. The maximum absolute atomic E-state index is 9.10. The molecule has 0 aromatic heterocycles. The van der Waals surface area contributed by atoms with Crippen LogP contribution in [0.5, 0.6) is 5.75 Å². The minimum Gasteiger partial charge on any atom is -0.492 e. The van der Waals surface area contributed by atoms with Crippen LogP contribution in [0, 0.1) is 0 Å². The molecule has 3 N–H and O–H groups in total. The Morgan fingerprint density at radius 1 is 0.966 bits per heavy atom. The molecular weight excluding hydrogens is 378 g/mol. The van der Waals surface area contributed by atoms with E-state index in [1.807, 2.05) is 48.5 Å². The van der Waals surface area contributed by atoms with Gasteiger partial charge in [0, 0.05) is 13.1 Å². The van der Waals surface area contributed by atoms with E-state index >= 15 is 0 Å². The largest absolute Gasteiger partial charge is 0.492 e. The first-order valence-corrected chi connectivity index (χ1v) is 9.19. The predicted octanol–water partition coefficient (Wildman–Crippen LogP) is 1.97. The second-order valence-electron chi connectivity index (χ2n) is 6.17. The summed E-state index contributed by atoms with van der Waals surface area (Å²) in [7, 11) is 0. The lowest BCUT2D eigenvalue weighted by Gasteiger charge is -2.30. The summed E-state index contributed by atoms with van der Waals surface area (Å²) >= 11 is 0. The van der Waals surface area contributed by atoms with Gasteiger partial charge in [0.25, 0.3) is 0 Å². The molecule has 2 atom stereocenters. The number of nitrogens with one attached hydrogen (secondary N) is 1. The van der Waals surface area contributed by atoms with Gasteiger partial charge in [-0.1, -0.05) is 48.5 Å². The van der Waals surface area contributed by atoms with Crippen molar-refractivity contribution in [2.75, 3.05) is 32.9 Å². The van der Waals surface area contributed by atoms with Gasteiger partial charge < -0.3 is 29.7 Å². The number of hydrogen-bond acceptors (Lipinski definition) is 6. The Balaban J connectivity index is 0.000000438. The first-order chi connectivity index (χ1) is 14.1. The van der Waals surface area contributed by atoms with Crippen LogP contribution in [-0.2, 0) is 19.1 Å². The highest BCUT2D eigenvalue weighted by atomic mass is 16.6. The van der Waals surface area contributed by atoms with Crippen LogP contribution in [0.25, 0.3) is 0 Å². The predicted molar refractivity (Wildman–Crippen MR) is 105 cm³/mol. The molecule has 0 aliphatic carbocycles. The van der Waals surface area contributed by atoms with E-state index in [2.05, 4.69) is 17.4 Å². The van der Waals surface area contributed by atoms with Crippen molar-refractivity contribution in [3.8, 4) is 5.75 Å². The number of carboxylic acid groups (broad SMARTS) is 2. The smallest absolute Gasteiger partial charge is 0.414 e. The maximum Gasteiger partial charge on any atom is 0.414 e. The van der Waals surface area contributed by atoms with E-state index in [0.29, 0.717) is 19.8 Å². The van der Waals surface area contributed by atoms with Gasteiger partial charge in [-0.25, -0.2) is 9.59 Å². The van der Waals surface area contributed by atoms with Crippen molar-refractivity contribution < 1.29 is 34.0 Å². The molecule has 2 aromatic carbocycles. The molecule has 29 heavy (non-hydrogen) atoms. The van der Waals surface area contributed by atoms with Crippen LogP contribution >= 0.6 is 0 Å². The van der Waals surface area contributed by atoms with Gasteiger partial charge in [-0.3, -0.25) is 0 Å². The summed E-state index contributed by atoms with van der Waals surface area (Å²) in [5.74, 6) is -2.75. The Bertz CT molecular complexity index is 727. The number of benzene rings is 2. The molecule has 1 heterocycles. The molecule has 1 fully saturated rings. The van der Waals surface area contributed by atoms with Crippen LogP contribution in [0.2, 0.25) is 0 Å². The van der Waals surface area contributed by atoms with E-state index < -0.39 is 11.9 Å². The molecule has 0 amide bonds. The van der Waals surface area contributed by atoms with Crippen LogP contribution in [-0.4, -0.2) is 61.2 Å². The zero-order chi connectivity index (χ0) is 20.9. The monoisotopic (exact) mass is 403 g/mol. The zero-order valence-corrected chi connectivity index (χ0v) is 15.9. The number of rotatable bonds is 7. The van der Waals surface area contributed by atoms with Crippen LogP contribution in [0.1, 0.15) is 11.7 Å². The van der Waals surface area contributed by atoms with E-state index in [4.69, 9.17) is 34.0 Å². The number of carbonyl (C=O) groups is 2. The van der Waals surface area contributed by atoms with Crippen molar-refractivity contribution in [2.45, 2.75) is 12.2 Å². The van der Waals surface area contributed by atoms with Crippen molar-refractivity contribution in [1.82, 2.24) is 5.32 Å². The summed E-state index contributed by atoms with van der Waals surface area (Å²) < 4.78 is 17.4. The van der Waals surface area contributed by atoms with E-state index in [9.17, 15) is 0 Å². The number of hydrogen-bond donors (Lipinski definition) is 3.